The second-order valence-electron chi connectivity index (χ2n) is 2.06. The van der Waals surface area contributed by atoms with Gasteiger partial charge in [-0.3, -0.25) is 5.41 Å². The molecular weight excluding hydrogens is 270 g/mol. The fourth-order valence-corrected chi connectivity index (χ4v) is 0.596. The summed E-state index contributed by atoms with van der Waals surface area (Å²) in [4.78, 5) is -5.13. The van der Waals surface area contributed by atoms with Crippen LogP contribution in [0.25, 0.3) is 0 Å². The Hall–Kier alpha value is -0.470. The van der Waals surface area contributed by atoms with Gasteiger partial charge in [0.05, 0.1) is 0 Å². The summed E-state index contributed by atoms with van der Waals surface area (Å²) in [5.41, 5.74) is 4.05. The normalized spacial score (nSPS) is 14.4. The van der Waals surface area contributed by atoms with Crippen molar-refractivity contribution in [3.63, 3.8) is 0 Å². The summed E-state index contributed by atoms with van der Waals surface area (Å²) < 4.78 is 72.6. The van der Waals surface area contributed by atoms with Crippen LogP contribution in [0.1, 0.15) is 0 Å². The average Bonchev–Trinajstić information content (AvgIpc) is 1.84. The molecule has 0 aromatic heterocycles. The third kappa shape index (κ3) is 1.89. The van der Waals surface area contributed by atoms with Gasteiger partial charge >= 0.3 is 16.7 Å². The predicted molar refractivity (Wildman–Crippen MR) is 35.7 cm³/mol. The van der Waals surface area contributed by atoms with Gasteiger partial charge in [-0.15, -0.1) is 0 Å². The van der Waals surface area contributed by atoms with E-state index in [-0.39, 0.29) is 0 Å². The summed E-state index contributed by atoms with van der Waals surface area (Å²) in [6.07, 6.45) is 0. The van der Waals surface area contributed by atoms with Crippen LogP contribution < -0.4 is 5.73 Å². The molecule has 0 fully saturated rings. The number of halogens is 7. The molecule has 0 saturated carbocycles. The van der Waals surface area contributed by atoms with Gasteiger partial charge in [-0.1, -0.05) is 0 Å². The van der Waals surface area contributed by atoms with E-state index in [1.165, 1.54) is 0 Å². The maximum absolute atomic E-state index is 12.2. The van der Waals surface area contributed by atoms with Crippen LogP contribution in [0.3, 0.4) is 0 Å². The van der Waals surface area contributed by atoms with E-state index < -0.39 is 22.5 Å². The summed E-state index contributed by atoms with van der Waals surface area (Å²) in [6, 6.07) is 0. The number of amidine groups is 1. The zero-order valence-corrected chi connectivity index (χ0v) is 7.31. The van der Waals surface area contributed by atoms with Crippen molar-refractivity contribution in [1.82, 2.24) is 0 Å². The smallest absolute Gasteiger partial charge is 0.382 e. The van der Waals surface area contributed by atoms with Crippen LogP contribution in [0.4, 0.5) is 26.3 Å². The Morgan fingerprint density at radius 2 is 1.38 bits per heavy atom. The molecule has 0 rings (SSSR count). The lowest BCUT2D eigenvalue weighted by molar-refractivity contribution is -0.245. The van der Waals surface area contributed by atoms with Crippen molar-refractivity contribution >= 4 is 21.8 Å². The predicted octanol–water partition coefficient (Wildman–Crippen LogP) is 2.18. The molecule has 78 valence electrons. The Balaban J connectivity index is 5.16. The van der Waals surface area contributed by atoms with E-state index in [1.54, 1.807) is 0 Å². The molecule has 0 aliphatic carbocycles. The summed E-state index contributed by atoms with van der Waals surface area (Å²) in [7, 11) is 0. The lowest BCUT2D eigenvalue weighted by Gasteiger charge is -2.28. The van der Waals surface area contributed by atoms with E-state index in [4.69, 9.17) is 5.41 Å². The SMILES string of the molecule is N=C(N)C(F)(F)C(F)(F)C(F)(F)Br. The number of nitrogens with one attached hydrogen (secondary N) is 1. The Morgan fingerprint density at radius 3 is 1.46 bits per heavy atom. The van der Waals surface area contributed by atoms with Crippen LogP contribution in [-0.2, 0) is 0 Å². The summed E-state index contributed by atoms with van der Waals surface area (Å²) in [6.45, 7) is 0. The van der Waals surface area contributed by atoms with E-state index in [9.17, 15) is 26.3 Å². The largest absolute Gasteiger partial charge is 0.389 e. The van der Waals surface area contributed by atoms with Gasteiger partial charge in [0, 0.05) is 0 Å². The molecule has 3 N–H and O–H groups in total. The fourth-order valence-electron chi connectivity index (χ4n) is 0.347. The Labute approximate surface area is 76.7 Å². The highest BCUT2D eigenvalue weighted by Gasteiger charge is 2.72. The first kappa shape index (κ1) is 12.5. The second-order valence-corrected chi connectivity index (χ2v) is 3.06. The molecule has 0 spiro atoms. The van der Waals surface area contributed by atoms with Gasteiger partial charge in [0.2, 0.25) is 0 Å². The molecule has 0 saturated heterocycles. The molecular formula is C4H3BrF6N2. The van der Waals surface area contributed by atoms with Crippen molar-refractivity contribution in [2.75, 3.05) is 0 Å². The van der Waals surface area contributed by atoms with Gasteiger partial charge < -0.3 is 5.73 Å². The molecule has 0 aliphatic heterocycles. The number of nitrogens with two attached hydrogens (primary N) is 1. The zero-order chi connectivity index (χ0) is 11.1. The summed E-state index contributed by atoms with van der Waals surface area (Å²) in [5, 5.41) is 6.03. The molecule has 0 aromatic rings. The third-order valence-electron chi connectivity index (χ3n) is 1.09. The van der Waals surface area contributed by atoms with Gasteiger partial charge in [-0.2, -0.15) is 26.3 Å². The topological polar surface area (TPSA) is 49.9 Å². The first-order valence-electron chi connectivity index (χ1n) is 2.61. The maximum atomic E-state index is 12.2. The summed E-state index contributed by atoms with van der Waals surface area (Å²) >= 11 is 1.09. The van der Waals surface area contributed by atoms with Crippen LogP contribution in [0.5, 0.6) is 0 Å². The summed E-state index contributed by atoms with van der Waals surface area (Å²) in [5.74, 6) is -13.5. The van der Waals surface area contributed by atoms with Gasteiger partial charge in [-0.05, 0) is 15.9 Å². The minimum Gasteiger partial charge on any atom is -0.382 e. The van der Waals surface area contributed by atoms with Crippen molar-refractivity contribution in [3.05, 3.63) is 0 Å². The van der Waals surface area contributed by atoms with E-state index >= 15 is 0 Å². The quantitative estimate of drug-likeness (QED) is 0.352. The highest BCUT2D eigenvalue weighted by molar-refractivity contribution is 9.10. The number of hydrogen-bond acceptors (Lipinski definition) is 1. The molecule has 0 atom stereocenters. The molecule has 0 unspecified atom stereocenters. The molecule has 0 radical (unpaired) electrons. The van der Waals surface area contributed by atoms with E-state index in [1.807, 2.05) is 0 Å². The molecule has 9 heteroatoms. The minimum atomic E-state index is -5.74. The lowest BCUT2D eigenvalue weighted by Crippen LogP contribution is -2.57. The lowest BCUT2D eigenvalue weighted by atomic mass is 10.1. The van der Waals surface area contributed by atoms with Gasteiger partial charge in [0.15, 0.2) is 5.84 Å². The molecule has 2 nitrogen and oxygen atoms in total. The first-order valence-corrected chi connectivity index (χ1v) is 3.40. The van der Waals surface area contributed by atoms with Gasteiger partial charge in [0.25, 0.3) is 0 Å². The van der Waals surface area contributed by atoms with Crippen LogP contribution in [0, 0.1) is 5.41 Å². The monoisotopic (exact) mass is 272 g/mol. The Morgan fingerprint density at radius 1 is 1.08 bits per heavy atom. The van der Waals surface area contributed by atoms with Gasteiger partial charge in [-0.25, -0.2) is 0 Å². The third-order valence-corrected chi connectivity index (χ3v) is 1.59. The van der Waals surface area contributed by atoms with Crippen LogP contribution in [0.2, 0.25) is 0 Å². The van der Waals surface area contributed by atoms with Crippen molar-refractivity contribution in [2.24, 2.45) is 5.73 Å². The Bertz CT molecular complexity index is 221. The standard InChI is InChI=1S/C4H3BrF6N2/c5-4(10,11)3(8,9)2(6,7)1(12)13/h(H3,12,13). The van der Waals surface area contributed by atoms with E-state index in [2.05, 4.69) is 5.73 Å². The molecule has 0 amide bonds. The second kappa shape index (κ2) is 3.03. The Kier molecular flexibility index (Phi) is 2.92. The van der Waals surface area contributed by atoms with E-state index in [0.29, 0.717) is 0 Å². The highest BCUT2D eigenvalue weighted by Crippen LogP contribution is 2.48. The highest BCUT2D eigenvalue weighted by atomic mass is 79.9. The van der Waals surface area contributed by atoms with Crippen molar-refractivity contribution in [1.29, 1.82) is 5.41 Å². The average molecular weight is 273 g/mol. The molecule has 0 heterocycles. The van der Waals surface area contributed by atoms with E-state index in [0.717, 1.165) is 15.9 Å². The molecule has 0 aliphatic rings. The van der Waals surface area contributed by atoms with Crippen LogP contribution >= 0.6 is 15.9 Å². The van der Waals surface area contributed by atoms with Crippen LogP contribution in [-0.4, -0.2) is 22.5 Å². The number of rotatable bonds is 3. The maximum Gasteiger partial charge on any atom is 0.389 e. The minimum absolute atomic E-state index is 1.09. The van der Waals surface area contributed by atoms with Crippen molar-refractivity contribution in [3.8, 4) is 0 Å². The molecule has 13 heavy (non-hydrogen) atoms. The molecule has 0 bridgehead atoms. The number of alkyl halides is 7. The van der Waals surface area contributed by atoms with Crippen molar-refractivity contribution < 1.29 is 26.3 Å². The zero-order valence-electron chi connectivity index (χ0n) is 5.72. The van der Waals surface area contributed by atoms with Crippen LogP contribution in [0.15, 0.2) is 0 Å². The molecule has 0 aromatic carbocycles. The first-order chi connectivity index (χ1) is 5.44. The fraction of sp³-hybridized carbons (Fsp3) is 0.750. The van der Waals surface area contributed by atoms with Gasteiger partial charge in [0.1, 0.15) is 0 Å². The van der Waals surface area contributed by atoms with Crippen molar-refractivity contribution in [2.45, 2.75) is 16.7 Å². The number of hydrogen-bond donors (Lipinski definition) is 2.